The van der Waals surface area contributed by atoms with Gasteiger partial charge in [-0.15, -0.1) is 0 Å². The van der Waals surface area contributed by atoms with Crippen molar-refractivity contribution in [2.45, 2.75) is 122 Å². The van der Waals surface area contributed by atoms with E-state index in [2.05, 4.69) is 6.92 Å². The van der Waals surface area contributed by atoms with Crippen molar-refractivity contribution >= 4 is 23.5 Å². The monoisotopic (exact) mass is 686 g/mol. The Morgan fingerprint density at radius 3 is 1.58 bits per heavy atom. The summed E-state index contributed by atoms with van der Waals surface area (Å²) in [4.78, 5) is 48.4. The molecule has 0 heterocycles. The summed E-state index contributed by atoms with van der Waals surface area (Å²) >= 11 is 0. The first kappa shape index (κ1) is 40.0. The molecule has 0 fully saturated rings. The van der Waals surface area contributed by atoms with Crippen LogP contribution in [0.4, 0.5) is 0 Å². The zero-order valence-electron chi connectivity index (χ0n) is 29.6. The maximum absolute atomic E-state index is 12.8. The third-order valence-electron chi connectivity index (χ3n) is 8.81. The molecule has 0 amide bonds. The molecule has 3 aromatic carbocycles. The van der Waals surface area contributed by atoms with Crippen LogP contribution in [-0.4, -0.2) is 40.3 Å². The van der Waals surface area contributed by atoms with Crippen LogP contribution in [0.15, 0.2) is 66.7 Å². The van der Waals surface area contributed by atoms with E-state index in [0.717, 1.165) is 12.8 Å². The fraction of sp³-hybridized carbons (Fsp3) is 0.476. The molecular formula is C42H54O8. The van der Waals surface area contributed by atoms with E-state index in [9.17, 15) is 24.3 Å². The van der Waals surface area contributed by atoms with Crippen molar-refractivity contribution in [1.82, 2.24) is 0 Å². The number of rotatable bonds is 27. The minimum absolute atomic E-state index is 0.0463. The normalized spacial score (nSPS) is 10.9. The van der Waals surface area contributed by atoms with Crippen LogP contribution in [0.2, 0.25) is 0 Å². The van der Waals surface area contributed by atoms with Crippen LogP contribution < -0.4 is 9.47 Å². The number of Topliss-reactive ketones (excluding diaryl/α,β-unsaturated/α-hetero) is 2. The van der Waals surface area contributed by atoms with Crippen LogP contribution in [0.5, 0.6) is 17.2 Å². The number of hydrogen-bond acceptors (Lipinski definition) is 6. The molecule has 0 saturated heterocycles. The Kier molecular flexibility index (Phi) is 18.4. The second-order valence-electron chi connectivity index (χ2n) is 13.1. The maximum atomic E-state index is 12.8. The first-order chi connectivity index (χ1) is 24.3. The SMILES string of the molecule is CCCCCCCCCCCCCCCCCCOc1ccc(C(=O)CC(=O)Cc2ccc(Oc3ccc(C(=O)O)cc3)c(C(=O)O)c2)cc1. The van der Waals surface area contributed by atoms with Crippen LogP contribution in [0, 0.1) is 0 Å². The molecule has 50 heavy (non-hydrogen) atoms. The Labute approximate surface area is 297 Å². The summed E-state index contributed by atoms with van der Waals surface area (Å²) in [5, 5.41) is 18.7. The number of carboxylic acid groups (broad SMARTS) is 2. The lowest BCUT2D eigenvalue weighted by Crippen LogP contribution is -2.11. The standard InChI is InChI=1S/C42H54O8/c1-2-3-4-5-6-7-8-9-10-11-12-13-14-15-16-17-28-49-36-23-19-33(20-24-36)39(44)31-35(43)29-32-18-27-40(38(30-32)42(47)48)50-37-25-21-34(22-26-37)41(45)46/h18-27,30H,2-17,28-29,31H2,1H3,(H,45,46)(H,47,48). The summed E-state index contributed by atoms with van der Waals surface area (Å²) in [5.41, 5.74) is 0.770. The van der Waals surface area contributed by atoms with E-state index in [0.29, 0.717) is 23.5 Å². The van der Waals surface area contributed by atoms with E-state index in [4.69, 9.17) is 14.6 Å². The third kappa shape index (κ3) is 15.4. The van der Waals surface area contributed by atoms with Gasteiger partial charge < -0.3 is 19.7 Å². The highest BCUT2D eigenvalue weighted by molar-refractivity contribution is 6.08. The summed E-state index contributed by atoms with van der Waals surface area (Å²) in [6, 6.07) is 16.7. The van der Waals surface area contributed by atoms with E-state index < -0.39 is 11.9 Å². The van der Waals surface area contributed by atoms with Gasteiger partial charge in [-0.05, 0) is 72.6 Å². The topological polar surface area (TPSA) is 127 Å². The number of unbranched alkanes of at least 4 members (excludes halogenated alkanes) is 15. The largest absolute Gasteiger partial charge is 0.494 e. The Balaban J connectivity index is 1.29. The van der Waals surface area contributed by atoms with E-state index in [-0.39, 0.29) is 47.0 Å². The van der Waals surface area contributed by atoms with Gasteiger partial charge in [-0.2, -0.15) is 0 Å². The second-order valence-corrected chi connectivity index (χ2v) is 13.1. The zero-order valence-corrected chi connectivity index (χ0v) is 29.6. The Morgan fingerprint density at radius 1 is 0.560 bits per heavy atom. The highest BCUT2D eigenvalue weighted by Gasteiger charge is 2.17. The van der Waals surface area contributed by atoms with Crippen LogP contribution in [-0.2, 0) is 11.2 Å². The fourth-order valence-electron chi connectivity index (χ4n) is 5.88. The van der Waals surface area contributed by atoms with Gasteiger partial charge in [0.15, 0.2) is 5.78 Å². The molecule has 0 bridgehead atoms. The van der Waals surface area contributed by atoms with E-state index in [1.165, 1.54) is 126 Å². The number of ether oxygens (including phenoxy) is 2. The van der Waals surface area contributed by atoms with Gasteiger partial charge in [-0.1, -0.05) is 109 Å². The fourth-order valence-corrected chi connectivity index (χ4v) is 5.88. The average molecular weight is 687 g/mol. The van der Waals surface area contributed by atoms with Crippen molar-refractivity contribution in [3.63, 3.8) is 0 Å². The number of hydrogen-bond donors (Lipinski definition) is 2. The number of carboxylic acids is 2. The lowest BCUT2D eigenvalue weighted by Gasteiger charge is -2.11. The third-order valence-corrected chi connectivity index (χ3v) is 8.81. The molecule has 2 N–H and O–H groups in total. The van der Waals surface area contributed by atoms with E-state index in [1.54, 1.807) is 30.3 Å². The molecule has 8 heteroatoms. The molecule has 3 rings (SSSR count). The highest BCUT2D eigenvalue weighted by Crippen LogP contribution is 2.27. The van der Waals surface area contributed by atoms with Crippen LogP contribution in [0.25, 0.3) is 0 Å². The van der Waals surface area contributed by atoms with Gasteiger partial charge in [0.25, 0.3) is 0 Å². The van der Waals surface area contributed by atoms with Gasteiger partial charge in [0.1, 0.15) is 28.6 Å². The van der Waals surface area contributed by atoms with Crippen LogP contribution >= 0.6 is 0 Å². The van der Waals surface area contributed by atoms with Gasteiger partial charge in [-0.25, -0.2) is 9.59 Å². The summed E-state index contributed by atoms with van der Waals surface area (Å²) in [6.07, 6.45) is 20.7. The quantitative estimate of drug-likeness (QED) is 0.0461. The van der Waals surface area contributed by atoms with Crippen molar-refractivity contribution in [2.24, 2.45) is 0 Å². The van der Waals surface area contributed by atoms with Crippen molar-refractivity contribution in [3.8, 4) is 17.2 Å². The number of benzene rings is 3. The molecule has 0 unspecified atom stereocenters. The van der Waals surface area contributed by atoms with Crippen LogP contribution in [0.1, 0.15) is 153 Å². The van der Waals surface area contributed by atoms with Crippen LogP contribution in [0.3, 0.4) is 0 Å². The van der Waals surface area contributed by atoms with Gasteiger partial charge in [0.2, 0.25) is 0 Å². The molecule has 0 radical (unpaired) electrons. The summed E-state index contributed by atoms with van der Waals surface area (Å²) in [7, 11) is 0. The van der Waals surface area contributed by atoms with Crippen molar-refractivity contribution < 1.29 is 38.9 Å². The Bertz CT molecular complexity index is 1480. The molecule has 0 atom stereocenters. The summed E-state index contributed by atoms with van der Waals surface area (Å²) < 4.78 is 11.5. The van der Waals surface area contributed by atoms with Crippen molar-refractivity contribution in [1.29, 1.82) is 0 Å². The highest BCUT2D eigenvalue weighted by atomic mass is 16.5. The number of carbonyl (C=O) groups excluding carboxylic acids is 2. The smallest absolute Gasteiger partial charge is 0.339 e. The summed E-state index contributed by atoms with van der Waals surface area (Å²) in [5.74, 6) is -1.98. The maximum Gasteiger partial charge on any atom is 0.339 e. The number of carbonyl (C=O) groups is 4. The number of ketones is 2. The molecule has 3 aromatic rings. The first-order valence-corrected chi connectivity index (χ1v) is 18.4. The lowest BCUT2D eigenvalue weighted by atomic mass is 10.00. The van der Waals surface area contributed by atoms with Crippen molar-refractivity contribution in [2.75, 3.05) is 6.61 Å². The molecule has 270 valence electrons. The minimum atomic E-state index is -1.25. The van der Waals surface area contributed by atoms with Gasteiger partial charge >= 0.3 is 11.9 Å². The summed E-state index contributed by atoms with van der Waals surface area (Å²) in [6.45, 7) is 2.89. The van der Waals surface area contributed by atoms with Gasteiger partial charge in [0, 0.05) is 12.0 Å². The predicted molar refractivity (Wildman–Crippen MR) is 196 cm³/mol. The molecule has 0 aliphatic heterocycles. The second kappa shape index (κ2) is 23.0. The molecular weight excluding hydrogens is 632 g/mol. The molecule has 0 spiro atoms. The Hall–Kier alpha value is -4.46. The average Bonchev–Trinajstić information content (AvgIpc) is 3.10. The van der Waals surface area contributed by atoms with E-state index >= 15 is 0 Å². The predicted octanol–water partition coefficient (Wildman–Crippen LogP) is 10.9. The Morgan fingerprint density at radius 2 is 1.06 bits per heavy atom. The molecule has 0 aliphatic rings. The van der Waals surface area contributed by atoms with E-state index in [1.807, 2.05) is 0 Å². The number of aromatic carboxylic acids is 2. The molecule has 0 saturated carbocycles. The first-order valence-electron chi connectivity index (χ1n) is 18.4. The van der Waals surface area contributed by atoms with Gasteiger partial charge in [-0.3, -0.25) is 9.59 Å². The van der Waals surface area contributed by atoms with Gasteiger partial charge in [0.05, 0.1) is 18.6 Å². The zero-order chi connectivity index (χ0) is 36.0. The molecule has 0 aromatic heterocycles. The van der Waals surface area contributed by atoms with Crippen molar-refractivity contribution in [3.05, 3.63) is 89.0 Å². The molecule has 8 nitrogen and oxygen atoms in total. The minimum Gasteiger partial charge on any atom is -0.494 e. The molecule has 0 aliphatic carbocycles. The lowest BCUT2D eigenvalue weighted by molar-refractivity contribution is -0.117.